The van der Waals surface area contributed by atoms with E-state index in [4.69, 9.17) is 4.74 Å². The fourth-order valence-electron chi connectivity index (χ4n) is 1.54. The number of ether oxygens (including phenoxy) is 1. The van der Waals surface area contributed by atoms with Crippen LogP contribution in [0.3, 0.4) is 0 Å². The molecule has 0 aliphatic rings. The fourth-order valence-corrected chi connectivity index (χ4v) is 2.79. The Labute approximate surface area is 109 Å². The van der Waals surface area contributed by atoms with E-state index >= 15 is 0 Å². The lowest BCUT2D eigenvalue weighted by Crippen LogP contribution is -2.26. The summed E-state index contributed by atoms with van der Waals surface area (Å²) in [5.41, 5.74) is 0.624. The van der Waals surface area contributed by atoms with Gasteiger partial charge in [-0.2, -0.15) is 0 Å². The Morgan fingerprint density at radius 2 is 2.00 bits per heavy atom. The van der Waals surface area contributed by atoms with Gasteiger partial charge in [0.15, 0.2) is 0 Å². The van der Waals surface area contributed by atoms with Crippen molar-refractivity contribution in [3.05, 3.63) is 24.3 Å². The minimum atomic E-state index is -3.46. The standard InChI is InChI=1S/C12H20N2O3S/c1-3-13-11-7-4-5-8-12(11)18(15,16)14-9-6-10-17-2/h4-5,7-8,13-14H,3,6,9-10H2,1-2H3. The third-order valence-corrected chi connectivity index (χ3v) is 3.88. The molecule has 0 saturated heterocycles. The van der Waals surface area contributed by atoms with E-state index < -0.39 is 10.0 Å². The molecule has 18 heavy (non-hydrogen) atoms. The van der Waals surface area contributed by atoms with E-state index in [1.54, 1.807) is 25.3 Å². The molecular formula is C12H20N2O3S. The van der Waals surface area contributed by atoms with Crippen LogP contribution in [-0.2, 0) is 14.8 Å². The van der Waals surface area contributed by atoms with Crippen molar-refractivity contribution in [1.82, 2.24) is 4.72 Å². The summed E-state index contributed by atoms with van der Waals surface area (Å²) in [5, 5.41) is 3.04. The summed E-state index contributed by atoms with van der Waals surface area (Å²) in [7, 11) is -1.87. The highest BCUT2D eigenvalue weighted by molar-refractivity contribution is 7.89. The molecule has 0 bridgehead atoms. The second kappa shape index (κ2) is 7.35. The summed E-state index contributed by atoms with van der Waals surface area (Å²) in [6.45, 7) is 3.51. The van der Waals surface area contributed by atoms with E-state index in [1.807, 2.05) is 13.0 Å². The van der Waals surface area contributed by atoms with E-state index in [0.29, 0.717) is 31.8 Å². The summed E-state index contributed by atoms with van der Waals surface area (Å²) < 4.78 is 31.6. The van der Waals surface area contributed by atoms with E-state index in [0.717, 1.165) is 0 Å². The first-order valence-corrected chi connectivity index (χ1v) is 7.41. The molecule has 1 aromatic carbocycles. The Bertz CT molecular complexity index is 460. The van der Waals surface area contributed by atoms with Crippen molar-refractivity contribution >= 4 is 15.7 Å². The first kappa shape index (κ1) is 14.9. The predicted octanol–water partition coefficient (Wildman–Crippen LogP) is 1.43. The van der Waals surface area contributed by atoms with Gasteiger partial charge in [-0.3, -0.25) is 0 Å². The lowest BCUT2D eigenvalue weighted by atomic mass is 10.3. The molecule has 0 spiro atoms. The van der Waals surface area contributed by atoms with E-state index in [9.17, 15) is 8.42 Å². The number of anilines is 1. The Morgan fingerprint density at radius 1 is 1.28 bits per heavy atom. The number of sulfonamides is 1. The molecule has 0 aliphatic heterocycles. The van der Waals surface area contributed by atoms with Gasteiger partial charge in [-0.05, 0) is 25.5 Å². The number of rotatable bonds is 8. The molecule has 1 rings (SSSR count). The van der Waals surface area contributed by atoms with Crippen LogP contribution in [0.15, 0.2) is 29.2 Å². The van der Waals surface area contributed by atoms with Gasteiger partial charge in [-0.25, -0.2) is 13.1 Å². The lowest BCUT2D eigenvalue weighted by molar-refractivity contribution is 0.196. The van der Waals surface area contributed by atoms with Crippen LogP contribution in [0, 0.1) is 0 Å². The summed E-state index contributed by atoms with van der Waals surface area (Å²) >= 11 is 0. The highest BCUT2D eigenvalue weighted by atomic mass is 32.2. The van der Waals surface area contributed by atoms with Crippen LogP contribution in [0.2, 0.25) is 0 Å². The van der Waals surface area contributed by atoms with Crippen molar-refractivity contribution in [2.24, 2.45) is 0 Å². The van der Waals surface area contributed by atoms with Crippen LogP contribution in [0.5, 0.6) is 0 Å². The van der Waals surface area contributed by atoms with Crippen molar-refractivity contribution in [2.45, 2.75) is 18.2 Å². The summed E-state index contributed by atoms with van der Waals surface area (Å²) in [5.74, 6) is 0. The quantitative estimate of drug-likeness (QED) is 0.703. The highest BCUT2D eigenvalue weighted by Crippen LogP contribution is 2.20. The Morgan fingerprint density at radius 3 is 2.67 bits per heavy atom. The second-order valence-corrected chi connectivity index (χ2v) is 5.51. The minimum absolute atomic E-state index is 0.282. The molecule has 0 aromatic heterocycles. The lowest BCUT2D eigenvalue weighted by Gasteiger charge is -2.12. The van der Waals surface area contributed by atoms with Gasteiger partial charge in [0.1, 0.15) is 4.90 Å². The molecule has 5 nitrogen and oxygen atoms in total. The molecule has 0 radical (unpaired) electrons. The molecule has 0 fully saturated rings. The van der Waals surface area contributed by atoms with Crippen LogP contribution in [0.1, 0.15) is 13.3 Å². The first-order chi connectivity index (χ1) is 8.61. The number of hydrogen-bond acceptors (Lipinski definition) is 4. The number of nitrogens with one attached hydrogen (secondary N) is 2. The monoisotopic (exact) mass is 272 g/mol. The Kier molecular flexibility index (Phi) is 6.11. The van der Waals surface area contributed by atoms with Crippen molar-refractivity contribution in [3.8, 4) is 0 Å². The number of hydrogen-bond donors (Lipinski definition) is 2. The zero-order valence-electron chi connectivity index (χ0n) is 10.8. The van der Waals surface area contributed by atoms with Crippen molar-refractivity contribution in [2.75, 3.05) is 32.1 Å². The average molecular weight is 272 g/mol. The Balaban J connectivity index is 2.77. The summed E-state index contributed by atoms with van der Waals surface area (Å²) in [6.07, 6.45) is 0.652. The smallest absolute Gasteiger partial charge is 0.242 e. The van der Waals surface area contributed by atoms with E-state index in [-0.39, 0.29) is 4.90 Å². The van der Waals surface area contributed by atoms with Gasteiger partial charge in [0.2, 0.25) is 10.0 Å². The van der Waals surface area contributed by atoms with Gasteiger partial charge < -0.3 is 10.1 Å². The highest BCUT2D eigenvalue weighted by Gasteiger charge is 2.16. The normalized spacial score (nSPS) is 11.4. The SMILES string of the molecule is CCNc1ccccc1S(=O)(=O)NCCCOC. The molecule has 2 N–H and O–H groups in total. The van der Waals surface area contributed by atoms with Crippen molar-refractivity contribution < 1.29 is 13.2 Å². The second-order valence-electron chi connectivity index (χ2n) is 3.77. The molecule has 0 aliphatic carbocycles. The Hall–Kier alpha value is -1.11. The van der Waals surface area contributed by atoms with Crippen molar-refractivity contribution in [3.63, 3.8) is 0 Å². The molecule has 102 valence electrons. The molecule has 6 heteroatoms. The molecule has 0 heterocycles. The molecule has 1 aromatic rings. The maximum absolute atomic E-state index is 12.1. The molecule has 0 unspecified atom stereocenters. The number of para-hydroxylation sites is 1. The average Bonchev–Trinajstić information content (AvgIpc) is 2.36. The molecule has 0 atom stereocenters. The number of methoxy groups -OCH3 is 1. The van der Waals surface area contributed by atoms with E-state index in [1.165, 1.54) is 0 Å². The van der Waals surface area contributed by atoms with Crippen molar-refractivity contribution in [1.29, 1.82) is 0 Å². The topological polar surface area (TPSA) is 67.4 Å². The summed E-state index contributed by atoms with van der Waals surface area (Å²) in [6, 6.07) is 6.87. The van der Waals surface area contributed by atoms with Gasteiger partial charge in [0.05, 0.1) is 5.69 Å². The van der Waals surface area contributed by atoms with Crippen LogP contribution < -0.4 is 10.0 Å². The minimum Gasteiger partial charge on any atom is -0.385 e. The molecular weight excluding hydrogens is 252 g/mol. The van der Waals surface area contributed by atoms with Gasteiger partial charge in [0.25, 0.3) is 0 Å². The van der Waals surface area contributed by atoms with E-state index in [2.05, 4.69) is 10.0 Å². The fraction of sp³-hybridized carbons (Fsp3) is 0.500. The maximum atomic E-state index is 12.1. The zero-order valence-corrected chi connectivity index (χ0v) is 11.6. The van der Waals surface area contributed by atoms with Gasteiger partial charge in [-0.1, -0.05) is 12.1 Å². The third kappa shape index (κ3) is 4.29. The largest absolute Gasteiger partial charge is 0.385 e. The van der Waals surface area contributed by atoms with Gasteiger partial charge in [0, 0.05) is 26.8 Å². The van der Waals surface area contributed by atoms with Crippen LogP contribution in [0.4, 0.5) is 5.69 Å². The third-order valence-electron chi connectivity index (χ3n) is 2.36. The van der Waals surface area contributed by atoms with Crippen LogP contribution in [-0.4, -0.2) is 35.2 Å². The zero-order chi connectivity index (χ0) is 13.4. The van der Waals surface area contributed by atoms with Gasteiger partial charge in [-0.15, -0.1) is 0 Å². The van der Waals surface area contributed by atoms with Gasteiger partial charge >= 0.3 is 0 Å². The summed E-state index contributed by atoms with van der Waals surface area (Å²) in [4.78, 5) is 0.282. The number of benzene rings is 1. The maximum Gasteiger partial charge on any atom is 0.242 e. The van der Waals surface area contributed by atoms with Crippen LogP contribution >= 0.6 is 0 Å². The molecule has 0 saturated carbocycles. The molecule has 0 amide bonds. The predicted molar refractivity (Wildman–Crippen MR) is 72.3 cm³/mol. The first-order valence-electron chi connectivity index (χ1n) is 5.93. The van der Waals surface area contributed by atoms with Crippen LogP contribution in [0.25, 0.3) is 0 Å².